The summed E-state index contributed by atoms with van der Waals surface area (Å²) in [5, 5.41) is 16.8. The van der Waals surface area contributed by atoms with Gasteiger partial charge in [-0.05, 0) is 17.7 Å². The molecule has 1 fully saturated rings. The molecule has 32 heavy (non-hydrogen) atoms. The van der Waals surface area contributed by atoms with Crippen molar-refractivity contribution < 1.29 is 19.5 Å². The molecule has 0 aliphatic carbocycles. The monoisotopic (exact) mass is 434 g/mol. The average molecular weight is 434 g/mol. The third-order valence-electron chi connectivity index (χ3n) is 5.22. The fraction of sp³-hybridized carbons (Fsp3) is 0.182. The number of aliphatic carboxylic acids is 1. The molecule has 0 bridgehead atoms. The predicted octanol–water partition coefficient (Wildman–Crippen LogP) is 1.45. The number of aromatic nitrogens is 2. The molecule has 0 unspecified atom stereocenters. The molecule has 4 rings (SSSR count). The smallest absolute Gasteiger partial charge is 0.371 e. The van der Waals surface area contributed by atoms with Gasteiger partial charge in [0.15, 0.2) is 5.84 Å². The zero-order valence-electron chi connectivity index (χ0n) is 17.1. The molecule has 0 spiro atoms. The molecule has 10 nitrogen and oxygen atoms in total. The molecule has 3 aromatic rings. The number of likely N-dealkylation sites (tertiary alicyclic amines) is 1. The molecule has 0 amide bonds. The van der Waals surface area contributed by atoms with Crippen LogP contribution >= 0.6 is 0 Å². The highest BCUT2D eigenvalue weighted by Crippen LogP contribution is 2.20. The molecule has 1 aliphatic heterocycles. The zero-order valence-corrected chi connectivity index (χ0v) is 17.1. The van der Waals surface area contributed by atoms with Gasteiger partial charge < -0.3 is 21.4 Å². The largest absolute Gasteiger partial charge is 0.481 e. The Kier molecular flexibility index (Phi) is 5.86. The number of amidine groups is 1. The molecular formula is C22H22N6O4. The van der Waals surface area contributed by atoms with E-state index in [4.69, 9.17) is 21.4 Å². The summed E-state index contributed by atoms with van der Waals surface area (Å²) in [5.41, 5.74) is 14.4. The molecule has 1 aromatic heterocycles. The molecular weight excluding hydrogens is 412 g/mol. The van der Waals surface area contributed by atoms with Crippen LogP contribution < -0.4 is 11.5 Å². The maximum Gasteiger partial charge on any atom is 0.371 e. The fourth-order valence-corrected chi connectivity index (χ4v) is 3.38. The number of oxime groups is 1. The van der Waals surface area contributed by atoms with Gasteiger partial charge in [-0.25, -0.2) is 9.48 Å². The van der Waals surface area contributed by atoms with Crippen LogP contribution in [0.4, 0.5) is 5.82 Å². The number of para-hydroxylation sites is 1. The Morgan fingerprint density at radius 3 is 2.47 bits per heavy atom. The number of nitrogens with zero attached hydrogens (tertiary/aromatic N) is 4. The number of benzene rings is 2. The van der Waals surface area contributed by atoms with Crippen molar-refractivity contribution >= 4 is 23.6 Å². The van der Waals surface area contributed by atoms with Crippen LogP contribution in [0, 0.1) is 5.92 Å². The van der Waals surface area contributed by atoms with Crippen LogP contribution in [0.3, 0.4) is 0 Å². The van der Waals surface area contributed by atoms with Gasteiger partial charge >= 0.3 is 11.9 Å². The maximum atomic E-state index is 12.4. The number of hydrogen-bond donors (Lipinski definition) is 3. The normalized spacial score (nSPS) is 14.7. The average Bonchev–Trinajstić information content (AvgIpc) is 3.16. The molecule has 1 aliphatic rings. The van der Waals surface area contributed by atoms with Crippen LogP contribution in [0.5, 0.6) is 0 Å². The molecule has 1 saturated heterocycles. The van der Waals surface area contributed by atoms with Crippen LogP contribution in [0.1, 0.15) is 21.5 Å². The molecule has 0 radical (unpaired) electrons. The van der Waals surface area contributed by atoms with Crippen molar-refractivity contribution in [1.82, 2.24) is 14.7 Å². The van der Waals surface area contributed by atoms with Gasteiger partial charge in [-0.1, -0.05) is 47.6 Å². The van der Waals surface area contributed by atoms with Gasteiger partial charge in [-0.3, -0.25) is 9.69 Å². The van der Waals surface area contributed by atoms with Crippen LogP contribution in [0.15, 0.2) is 65.9 Å². The Labute approximate surface area is 183 Å². The first-order valence-corrected chi connectivity index (χ1v) is 9.90. The second-order valence-electron chi connectivity index (χ2n) is 7.47. The van der Waals surface area contributed by atoms with E-state index >= 15 is 0 Å². The van der Waals surface area contributed by atoms with Crippen molar-refractivity contribution in [2.24, 2.45) is 16.8 Å². The van der Waals surface area contributed by atoms with Gasteiger partial charge in [0, 0.05) is 25.2 Å². The van der Waals surface area contributed by atoms with Crippen LogP contribution in [0.2, 0.25) is 0 Å². The van der Waals surface area contributed by atoms with E-state index in [1.807, 2.05) is 47.4 Å². The topological polar surface area (TPSA) is 149 Å². The van der Waals surface area contributed by atoms with Crippen LogP contribution in [-0.2, 0) is 16.2 Å². The maximum absolute atomic E-state index is 12.4. The number of carbonyl (C=O) groups excluding carboxylic acids is 1. The number of carboxylic acid groups (broad SMARTS) is 1. The molecule has 164 valence electrons. The Hall–Kier alpha value is -4.18. The van der Waals surface area contributed by atoms with E-state index in [0.29, 0.717) is 30.9 Å². The van der Waals surface area contributed by atoms with Gasteiger partial charge in [-0.2, -0.15) is 5.10 Å². The van der Waals surface area contributed by atoms with Gasteiger partial charge in [0.1, 0.15) is 11.4 Å². The Morgan fingerprint density at radius 1 is 1.12 bits per heavy atom. The number of nitrogens with two attached hydrogens (primary N) is 2. The summed E-state index contributed by atoms with van der Waals surface area (Å²) in [7, 11) is 0. The standard InChI is InChI=1S/C22H22N6O4/c23-19(15-8-6-14(7-9-15)11-27-12-16(13-27)21(29)30)26-32-22(31)18-10-25-28(20(18)24)17-4-2-1-3-5-17/h1-10,16H,11-13,24H2,(H2,23,26)(H,29,30). The molecule has 5 N–H and O–H groups in total. The van der Waals surface area contributed by atoms with Crippen LogP contribution in [-0.4, -0.2) is 50.7 Å². The minimum atomic E-state index is -0.769. The van der Waals surface area contributed by atoms with E-state index in [1.165, 1.54) is 10.9 Å². The van der Waals surface area contributed by atoms with Gasteiger partial charge in [0.05, 0.1) is 17.8 Å². The summed E-state index contributed by atoms with van der Waals surface area (Å²) < 4.78 is 1.43. The molecule has 2 aromatic carbocycles. The number of nitrogen functional groups attached to an aromatic ring is 1. The highest BCUT2D eigenvalue weighted by atomic mass is 16.7. The van der Waals surface area contributed by atoms with Gasteiger partial charge in [-0.15, -0.1) is 0 Å². The first-order valence-electron chi connectivity index (χ1n) is 9.90. The summed E-state index contributed by atoms with van der Waals surface area (Å²) in [4.78, 5) is 30.3. The van der Waals surface area contributed by atoms with E-state index in [1.54, 1.807) is 12.1 Å². The SMILES string of the molecule is NC(=NOC(=O)c1cnn(-c2ccccc2)c1N)c1ccc(CN2CC(C(=O)O)C2)cc1. The lowest BCUT2D eigenvalue weighted by atomic mass is 9.99. The van der Waals surface area contributed by atoms with Crippen molar-refractivity contribution in [3.63, 3.8) is 0 Å². The van der Waals surface area contributed by atoms with Crippen molar-refractivity contribution in [2.45, 2.75) is 6.54 Å². The van der Waals surface area contributed by atoms with Gasteiger partial charge in [0.25, 0.3) is 0 Å². The first-order chi connectivity index (χ1) is 15.4. The number of carbonyl (C=O) groups is 2. The van der Waals surface area contributed by atoms with E-state index in [9.17, 15) is 9.59 Å². The molecule has 0 saturated carbocycles. The Balaban J connectivity index is 1.36. The summed E-state index contributed by atoms with van der Waals surface area (Å²) >= 11 is 0. The zero-order chi connectivity index (χ0) is 22.7. The second kappa shape index (κ2) is 8.90. The molecule has 0 atom stereocenters. The number of hydrogen-bond acceptors (Lipinski definition) is 7. The molecule has 2 heterocycles. The quantitative estimate of drug-likeness (QED) is 0.219. The summed E-state index contributed by atoms with van der Waals surface area (Å²) in [6.07, 6.45) is 1.32. The lowest BCUT2D eigenvalue weighted by molar-refractivity contribution is -0.147. The third-order valence-corrected chi connectivity index (χ3v) is 5.22. The summed E-state index contributed by atoms with van der Waals surface area (Å²) in [5.74, 6) is -1.65. The third kappa shape index (κ3) is 4.44. The van der Waals surface area contributed by atoms with E-state index in [0.717, 1.165) is 5.56 Å². The lowest BCUT2D eigenvalue weighted by Gasteiger charge is -2.36. The van der Waals surface area contributed by atoms with E-state index in [2.05, 4.69) is 10.3 Å². The highest BCUT2D eigenvalue weighted by molar-refractivity contribution is 5.99. The van der Waals surface area contributed by atoms with Gasteiger partial charge in [0.2, 0.25) is 0 Å². The second-order valence-corrected chi connectivity index (χ2v) is 7.47. The predicted molar refractivity (Wildman–Crippen MR) is 117 cm³/mol. The number of anilines is 1. The fourth-order valence-electron chi connectivity index (χ4n) is 3.38. The van der Waals surface area contributed by atoms with Crippen molar-refractivity contribution in [2.75, 3.05) is 18.8 Å². The number of rotatable bonds is 7. The van der Waals surface area contributed by atoms with Crippen molar-refractivity contribution in [3.05, 3.63) is 77.5 Å². The molecule has 10 heteroatoms. The van der Waals surface area contributed by atoms with E-state index in [-0.39, 0.29) is 23.1 Å². The first kappa shape index (κ1) is 21.1. The Bertz CT molecular complexity index is 1150. The number of carboxylic acids is 1. The summed E-state index contributed by atoms with van der Waals surface area (Å²) in [6, 6.07) is 16.4. The lowest BCUT2D eigenvalue weighted by Crippen LogP contribution is -2.49. The van der Waals surface area contributed by atoms with Crippen LogP contribution in [0.25, 0.3) is 5.69 Å². The summed E-state index contributed by atoms with van der Waals surface area (Å²) in [6.45, 7) is 1.74. The minimum Gasteiger partial charge on any atom is -0.481 e. The van der Waals surface area contributed by atoms with Crippen molar-refractivity contribution in [3.8, 4) is 5.69 Å². The Morgan fingerprint density at radius 2 is 1.81 bits per heavy atom. The minimum absolute atomic E-state index is 0.0359. The highest BCUT2D eigenvalue weighted by Gasteiger charge is 2.32. The van der Waals surface area contributed by atoms with Crippen molar-refractivity contribution in [1.29, 1.82) is 0 Å². The van der Waals surface area contributed by atoms with E-state index < -0.39 is 11.9 Å².